The number of rotatable bonds is 6. The number of halogens is 1. The van der Waals surface area contributed by atoms with Crippen molar-refractivity contribution in [2.24, 2.45) is 0 Å². The van der Waals surface area contributed by atoms with Gasteiger partial charge in [-0.1, -0.05) is 23.7 Å². The molecule has 0 saturated carbocycles. The number of phenolic OH excluding ortho intramolecular Hbond substituents is 1. The maximum absolute atomic E-state index is 12.1. The second-order valence-corrected chi connectivity index (χ2v) is 6.24. The first-order chi connectivity index (χ1) is 11.8. The molecule has 132 valence electrons. The van der Waals surface area contributed by atoms with Crippen molar-refractivity contribution < 1.29 is 14.7 Å². The highest BCUT2D eigenvalue weighted by molar-refractivity contribution is 6.32. The van der Waals surface area contributed by atoms with Crippen LogP contribution < -0.4 is 10.6 Å². The van der Waals surface area contributed by atoms with Gasteiger partial charge in [0.05, 0.1) is 11.6 Å². The maximum Gasteiger partial charge on any atom is 0.251 e. The van der Waals surface area contributed by atoms with E-state index in [9.17, 15) is 14.7 Å². The van der Waals surface area contributed by atoms with Crippen molar-refractivity contribution in [2.45, 2.75) is 6.54 Å². The fourth-order valence-corrected chi connectivity index (χ4v) is 2.36. The fourth-order valence-electron chi connectivity index (χ4n) is 2.18. The van der Waals surface area contributed by atoms with Crippen LogP contribution in [-0.2, 0) is 11.3 Å². The lowest BCUT2D eigenvalue weighted by atomic mass is 10.1. The lowest BCUT2D eigenvalue weighted by Gasteiger charge is -2.11. The van der Waals surface area contributed by atoms with Crippen molar-refractivity contribution in [1.82, 2.24) is 10.2 Å². The predicted octanol–water partition coefficient (Wildman–Crippen LogP) is 2.48. The zero-order chi connectivity index (χ0) is 18.4. The van der Waals surface area contributed by atoms with Gasteiger partial charge in [0.2, 0.25) is 5.91 Å². The van der Waals surface area contributed by atoms with Gasteiger partial charge in [-0.2, -0.15) is 0 Å². The number of hydrogen-bond donors (Lipinski definition) is 3. The largest absolute Gasteiger partial charge is 0.506 e. The van der Waals surface area contributed by atoms with E-state index in [1.165, 1.54) is 18.2 Å². The Morgan fingerprint density at radius 2 is 1.92 bits per heavy atom. The number of phenols is 1. The molecule has 2 aromatic carbocycles. The molecule has 25 heavy (non-hydrogen) atoms. The molecule has 6 nitrogen and oxygen atoms in total. The lowest BCUT2D eigenvalue weighted by molar-refractivity contribution is -0.116. The molecular weight excluding hydrogens is 342 g/mol. The summed E-state index contributed by atoms with van der Waals surface area (Å²) in [5, 5.41) is 15.1. The number of nitrogens with one attached hydrogen (secondary N) is 2. The van der Waals surface area contributed by atoms with Crippen molar-refractivity contribution in [3.8, 4) is 5.75 Å². The Hall–Kier alpha value is -2.57. The minimum atomic E-state index is -0.302. The summed E-state index contributed by atoms with van der Waals surface area (Å²) < 4.78 is 0. The van der Waals surface area contributed by atoms with Gasteiger partial charge in [-0.3, -0.25) is 9.59 Å². The number of hydrogen-bond acceptors (Lipinski definition) is 4. The molecule has 2 amide bonds. The van der Waals surface area contributed by atoms with Gasteiger partial charge in [-0.15, -0.1) is 0 Å². The Balaban J connectivity index is 1.96. The van der Waals surface area contributed by atoms with Crippen LogP contribution in [0.1, 0.15) is 15.9 Å². The van der Waals surface area contributed by atoms with Crippen molar-refractivity contribution in [1.29, 1.82) is 0 Å². The van der Waals surface area contributed by atoms with Gasteiger partial charge in [0, 0.05) is 17.8 Å². The van der Waals surface area contributed by atoms with Crippen LogP contribution in [0.25, 0.3) is 0 Å². The third-order valence-corrected chi connectivity index (χ3v) is 3.64. The molecular formula is C18H20ClN3O3. The molecule has 7 heteroatoms. The number of nitrogens with zero attached hydrogens (tertiary/aromatic N) is 1. The molecule has 0 aliphatic carbocycles. The number of anilines is 1. The van der Waals surface area contributed by atoms with E-state index in [0.717, 1.165) is 5.56 Å². The van der Waals surface area contributed by atoms with Crippen LogP contribution in [0.5, 0.6) is 5.75 Å². The van der Waals surface area contributed by atoms with Gasteiger partial charge in [0.1, 0.15) is 5.75 Å². The van der Waals surface area contributed by atoms with Gasteiger partial charge in [-0.25, -0.2) is 0 Å². The highest BCUT2D eigenvalue weighted by atomic mass is 35.5. The van der Waals surface area contributed by atoms with Gasteiger partial charge in [-0.05, 0) is 50.0 Å². The number of carbonyl (C=O) groups excluding carboxylic acids is 2. The summed E-state index contributed by atoms with van der Waals surface area (Å²) >= 11 is 5.81. The summed E-state index contributed by atoms with van der Waals surface area (Å²) in [6, 6.07) is 11.5. The van der Waals surface area contributed by atoms with Crippen LogP contribution in [0, 0.1) is 0 Å². The molecule has 0 spiro atoms. The van der Waals surface area contributed by atoms with E-state index in [-0.39, 0.29) is 22.6 Å². The molecule has 0 aliphatic heterocycles. The number of likely N-dealkylation sites (N-methyl/N-ethyl adjacent to an activating group) is 1. The van der Waals surface area contributed by atoms with Crippen LogP contribution in [-0.4, -0.2) is 42.5 Å². The second kappa shape index (κ2) is 8.50. The molecule has 0 aromatic heterocycles. The number of amides is 2. The van der Waals surface area contributed by atoms with Crippen molar-refractivity contribution >= 4 is 29.1 Å². The minimum Gasteiger partial charge on any atom is -0.506 e. The fraction of sp³-hybridized carbons (Fsp3) is 0.222. The molecule has 0 fully saturated rings. The normalized spacial score (nSPS) is 10.6. The quantitative estimate of drug-likeness (QED) is 0.738. The predicted molar refractivity (Wildman–Crippen MR) is 97.9 cm³/mol. The first-order valence-electron chi connectivity index (χ1n) is 7.65. The molecule has 0 aliphatic rings. The lowest BCUT2D eigenvalue weighted by Crippen LogP contribution is -2.27. The average molecular weight is 362 g/mol. The molecule has 0 bridgehead atoms. The van der Waals surface area contributed by atoms with E-state index < -0.39 is 0 Å². The Labute approximate surface area is 151 Å². The Morgan fingerprint density at radius 3 is 2.60 bits per heavy atom. The van der Waals surface area contributed by atoms with Crippen LogP contribution in [0.4, 0.5) is 5.69 Å². The van der Waals surface area contributed by atoms with E-state index in [1.54, 1.807) is 17.0 Å². The first kappa shape index (κ1) is 18.8. The summed E-state index contributed by atoms with van der Waals surface area (Å²) in [5.74, 6) is -0.478. The Morgan fingerprint density at radius 1 is 1.16 bits per heavy atom. The van der Waals surface area contributed by atoms with E-state index in [1.807, 2.05) is 26.2 Å². The maximum atomic E-state index is 12.1. The molecule has 0 unspecified atom stereocenters. The number of benzene rings is 2. The summed E-state index contributed by atoms with van der Waals surface area (Å²) in [6.45, 7) is 0.595. The Bertz CT molecular complexity index is 778. The van der Waals surface area contributed by atoms with Crippen molar-refractivity contribution in [3.63, 3.8) is 0 Å². The van der Waals surface area contributed by atoms with Gasteiger partial charge >= 0.3 is 0 Å². The molecule has 0 atom stereocenters. The average Bonchev–Trinajstić information content (AvgIpc) is 2.54. The van der Waals surface area contributed by atoms with Crippen LogP contribution in [0.2, 0.25) is 5.02 Å². The minimum absolute atomic E-state index is 0.0700. The highest BCUT2D eigenvalue weighted by Crippen LogP contribution is 2.23. The third-order valence-electron chi connectivity index (χ3n) is 3.33. The van der Waals surface area contributed by atoms with E-state index in [2.05, 4.69) is 10.6 Å². The van der Waals surface area contributed by atoms with Crippen molar-refractivity contribution in [3.05, 3.63) is 58.6 Å². The number of carbonyl (C=O) groups is 2. The van der Waals surface area contributed by atoms with E-state index >= 15 is 0 Å². The second-order valence-electron chi connectivity index (χ2n) is 5.84. The molecule has 2 aromatic rings. The molecule has 0 heterocycles. The smallest absolute Gasteiger partial charge is 0.251 e. The van der Waals surface area contributed by atoms with E-state index in [0.29, 0.717) is 24.3 Å². The topological polar surface area (TPSA) is 81.7 Å². The number of aromatic hydroxyl groups is 1. The molecule has 0 radical (unpaired) electrons. The zero-order valence-electron chi connectivity index (χ0n) is 14.0. The van der Waals surface area contributed by atoms with E-state index in [4.69, 9.17) is 11.6 Å². The van der Waals surface area contributed by atoms with Gasteiger partial charge in [0.25, 0.3) is 5.91 Å². The van der Waals surface area contributed by atoms with Gasteiger partial charge < -0.3 is 20.6 Å². The first-order valence-corrected chi connectivity index (χ1v) is 8.03. The van der Waals surface area contributed by atoms with Crippen LogP contribution in [0.15, 0.2) is 42.5 Å². The monoisotopic (exact) mass is 361 g/mol. The highest BCUT2D eigenvalue weighted by Gasteiger charge is 2.09. The molecule has 3 N–H and O–H groups in total. The standard InChI is InChI=1S/C18H20ClN3O3/c1-22(2)11-17(24)21-14-5-3-4-12(8-14)10-20-18(25)13-6-7-16(23)15(19)9-13/h3-9,23H,10-11H2,1-2H3,(H,20,25)(H,21,24). The van der Waals surface area contributed by atoms with Crippen molar-refractivity contribution in [2.75, 3.05) is 26.0 Å². The Kier molecular flexibility index (Phi) is 6.38. The summed E-state index contributed by atoms with van der Waals surface area (Å²) in [4.78, 5) is 25.7. The van der Waals surface area contributed by atoms with Crippen LogP contribution >= 0.6 is 11.6 Å². The molecule has 2 rings (SSSR count). The SMILES string of the molecule is CN(C)CC(=O)Nc1cccc(CNC(=O)c2ccc(O)c(Cl)c2)c1. The summed E-state index contributed by atoms with van der Waals surface area (Å²) in [6.07, 6.45) is 0. The van der Waals surface area contributed by atoms with Crippen LogP contribution in [0.3, 0.4) is 0 Å². The van der Waals surface area contributed by atoms with Gasteiger partial charge in [0.15, 0.2) is 0 Å². The summed E-state index contributed by atoms with van der Waals surface area (Å²) in [5.41, 5.74) is 1.88. The summed E-state index contributed by atoms with van der Waals surface area (Å²) in [7, 11) is 3.64. The zero-order valence-corrected chi connectivity index (χ0v) is 14.8. The molecule has 0 saturated heterocycles. The third kappa shape index (κ3) is 5.77.